The van der Waals surface area contributed by atoms with Crippen LogP contribution in [0.5, 0.6) is 5.75 Å². The van der Waals surface area contributed by atoms with Crippen LogP contribution in [0.4, 0.5) is 0 Å². The van der Waals surface area contributed by atoms with Gasteiger partial charge in [-0.25, -0.2) is 0 Å². The number of pyridine rings is 1. The highest BCUT2D eigenvalue weighted by Gasteiger charge is 2.46. The van der Waals surface area contributed by atoms with Crippen LogP contribution >= 0.6 is 0 Å². The Morgan fingerprint density at radius 2 is 1.85 bits per heavy atom. The summed E-state index contributed by atoms with van der Waals surface area (Å²) in [5, 5.41) is 11.2. The summed E-state index contributed by atoms with van der Waals surface area (Å²) >= 11 is 0. The van der Waals surface area contributed by atoms with Crippen molar-refractivity contribution in [1.82, 2.24) is 9.88 Å². The Kier molecular flexibility index (Phi) is 6.27. The Morgan fingerprint density at radius 3 is 2.45 bits per heavy atom. The van der Waals surface area contributed by atoms with E-state index in [-0.39, 0.29) is 17.9 Å². The first-order valence-corrected chi connectivity index (χ1v) is 10.9. The van der Waals surface area contributed by atoms with Gasteiger partial charge in [-0.2, -0.15) is 0 Å². The molecule has 0 spiro atoms. The van der Waals surface area contributed by atoms with E-state index in [1.807, 2.05) is 37.3 Å². The molecule has 0 saturated carbocycles. The summed E-state index contributed by atoms with van der Waals surface area (Å²) in [5.74, 6) is -0.864. The number of carbonyl (C=O) groups excluding carboxylic acids is 2. The average molecular weight is 443 g/mol. The van der Waals surface area contributed by atoms with Crippen molar-refractivity contribution in [1.29, 1.82) is 0 Å². The second-order valence-corrected chi connectivity index (χ2v) is 8.07. The summed E-state index contributed by atoms with van der Waals surface area (Å²) in [5.41, 5.74) is 4.07. The minimum atomic E-state index is -0.710. The number of hydrogen-bond acceptors (Lipinski definition) is 5. The molecule has 1 atom stereocenters. The van der Waals surface area contributed by atoms with Gasteiger partial charge in [0.25, 0.3) is 11.7 Å². The van der Waals surface area contributed by atoms with Gasteiger partial charge in [0, 0.05) is 24.5 Å². The number of nitrogens with zero attached hydrogens (tertiary/aromatic N) is 2. The summed E-state index contributed by atoms with van der Waals surface area (Å²) in [4.78, 5) is 31.9. The number of carbonyl (C=O) groups is 2. The topological polar surface area (TPSA) is 79.7 Å². The SMILES string of the molecule is CCc1ccc(C2/C(=C(\O)c3ccc(OC)c(C)c3)C(=O)C(=O)N2Cc2cccnc2)cc1. The van der Waals surface area contributed by atoms with Crippen LogP contribution < -0.4 is 4.74 Å². The maximum atomic E-state index is 13.2. The minimum Gasteiger partial charge on any atom is -0.507 e. The second kappa shape index (κ2) is 9.28. The molecule has 6 heteroatoms. The van der Waals surface area contributed by atoms with Crippen molar-refractivity contribution in [2.45, 2.75) is 32.9 Å². The molecule has 1 fully saturated rings. The lowest BCUT2D eigenvalue weighted by atomic mass is 9.94. The second-order valence-electron chi connectivity index (χ2n) is 8.07. The van der Waals surface area contributed by atoms with Gasteiger partial charge in [-0.3, -0.25) is 14.6 Å². The van der Waals surface area contributed by atoms with Gasteiger partial charge in [-0.15, -0.1) is 0 Å². The highest BCUT2D eigenvalue weighted by Crippen LogP contribution is 2.40. The largest absolute Gasteiger partial charge is 0.507 e. The normalized spacial score (nSPS) is 17.4. The van der Waals surface area contributed by atoms with Crippen LogP contribution in [0.3, 0.4) is 0 Å². The van der Waals surface area contributed by atoms with Crippen LogP contribution in [0.2, 0.25) is 0 Å². The van der Waals surface area contributed by atoms with E-state index in [1.54, 1.807) is 43.8 Å². The van der Waals surface area contributed by atoms with Gasteiger partial charge < -0.3 is 14.7 Å². The van der Waals surface area contributed by atoms with Gasteiger partial charge in [0.15, 0.2) is 0 Å². The molecule has 1 aliphatic heterocycles. The molecule has 168 valence electrons. The highest BCUT2D eigenvalue weighted by molar-refractivity contribution is 6.46. The Bertz CT molecular complexity index is 1220. The quantitative estimate of drug-likeness (QED) is 0.343. The zero-order valence-electron chi connectivity index (χ0n) is 18.9. The third kappa shape index (κ3) is 4.24. The predicted molar refractivity (Wildman–Crippen MR) is 126 cm³/mol. The summed E-state index contributed by atoms with van der Waals surface area (Å²) in [6, 6.07) is 15.9. The first-order valence-electron chi connectivity index (χ1n) is 10.9. The van der Waals surface area contributed by atoms with Gasteiger partial charge in [-0.05, 0) is 59.9 Å². The Balaban J connectivity index is 1.85. The van der Waals surface area contributed by atoms with E-state index in [9.17, 15) is 14.7 Å². The summed E-state index contributed by atoms with van der Waals surface area (Å²) in [6.45, 7) is 4.13. The van der Waals surface area contributed by atoms with Crippen LogP contribution in [0.1, 0.15) is 40.8 Å². The maximum absolute atomic E-state index is 13.2. The van der Waals surface area contributed by atoms with Crippen LogP contribution in [-0.2, 0) is 22.6 Å². The van der Waals surface area contributed by atoms with Crippen molar-refractivity contribution in [3.05, 3.63) is 100 Å². The zero-order valence-corrected chi connectivity index (χ0v) is 18.9. The third-order valence-electron chi connectivity index (χ3n) is 5.99. The maximum Gasteiger partial charge on any atom is 0.295 e. The molecule has 0 aliphatic carbocycles. The molecule has 2 aromatic carbocycles. The number of ether oxygens (including phenoxy) is 1. The summed E-state index contributed by atoms with van der Waals surface area (Å²) in [6.07, 6.45) is 4.20. The number of benzene rings is 2. The minimum absolute atomic E-state index is 0.0812. The molecule has 33 heavy (non-hydrogen) atoms. The highest BCUT2D eigenvalue weighted by atomic mass is 16.5. The number of aryl methyl sites for hydroxylation is 2. The van der Waals surface area contributed by atoms with E-state index >= 15 is 0 Å². The van der Waals surface area contributed by atoms with Crippen molar-refractivity contribution in [2.24, 2.45) is 0 Å². The number of aliphatic hydroxyl groups excluding tert-OH is 1. The fourth-order valence-electron chi connectivity index (χ4n) is 4.19. The predicted octanol–water partition coefficient (Wildman–Crippen LogP) is 4.58. The number of rotatable bonds is 6. The Hall–Kier alpha value is -3.93. The molecule has 1 aliphatic rings. The third-order valence-corrected chi connectivity index (χ3v) is 5.99. The van der Waals surface area contributed by atoms with Crippen LogP contribution in [0.25, 0.3) is 5.76 Å². The first-order chi connectivity index (χ1) is 15.9. The number of amides is 1. The summed E-state index contributed by atoms with van der Waals surface area (Å²) in [7, 11) is 1.58. The van der Waals surface area contributed by atoms with Gasteiger partial charge in [-0.1, -0.05) is 37.3 Å². The average Bonchev–Trinajstić information content (AvgIpc) is 3.09. The number of aromatic nitrogens is 1. The van der Waals surface area contributed by atoms with Crippen LogP contribution in [0, 0.1) is 6.92 Å². The number of methoxy groups -OCH3 is 1. The van der Waals surface area contributed by atoms with Gasteiger partial charge in [0.2, 0.25) is 0 Å². The number of hydrogen-bond donors (Lipinski definition) is 1. The Labute approximate surface area is 193 Å². The van der Waals surface area contributed by atoms with Crippen LogP contribution in [-0.4, -0.2) is 33.8 Å². The number of aliphatic hydroxyl groups is 1. The number of Topliss-reactive ketones (excluding diaryl/α,β-unsaturated/α-hetero) is 1. The van der Waals surface area contributed by atoms with Gasteiger partial charge >= 0.3 is 0 Å². The lowest BCUT2D eigenvalue weighted by Crippen LogP contribution is -2.29. The van der Waals surface area contributed by atoms with Gasteiger partial charge in [0.1, 0.15) is 11.5 Å². The van der Waals surface area contributed by atoms with Crippen molar-refractivity contribution in [3.63, 3.8) is 0 Å². The molecule has 3 aromatic rings. The van der Waals surface area contributed by atoms with E-state index in [1.165, 1.54) is 4.90 Å². The standard InChI is InChI=1S/C27H26N2O4/c1-4-18-7-9-20(10-8-18)24-23(25(30)21-11-12-22(33-3)17(2)14-21)26(31)27(32)29(24)16-19-6-5-13-28-15-19/h5-15,24,30H,4,16H2,1-3H3/b25-23+. The number of likely N-dealkylation sites (tertiary alicyclic amines) is 1. The monoisotopic (exact) mass is 442 g/mol. The molecule has 6 nitrogen and oxygen atoms in total. The molecule has 2 heterocycles. The van der Waals surface area contributed by atoms with Crippen molar-refractivity contribution >= 4 is 17.4 Å². The van der Waals surface area contributed by atoms with E-state index in [0.717, 1.165) is 28.7 Å². The Morgan fingerprint density at radius 1 is 1.09 bits per heavy atom. The molecular formula is C27H26N2O4. The van der Waals surface area contributed by atoms with Crippen molar-refractivity contribution in [3.8, 4) is 5.75 Å². The van der Waals surface area contributed by atoms with Crippen molar-refractivity contribution < 1.29 is 19.4 Å². The van der Waals surface area contributed by atoms with E-state index in [4.69, 9.17) is 4.74 Å². The number of ketones is 1. The zero-order chi connectivity index (χ0) is 23.5. The molecular weight excluding hydrogens is 416 g/mol. The molecule has 1 saturated heterocycles. The van der Waals surface area contributed by atoms with E-state index in [0.29, 0.717) is 11.3 Å². The molecule has 0 bridgehead atoms. The van der Waals surface area contributed by atoms with Crippen LogP contribution in [0.15, 0.2) is 72.6 Å². The van der Waals surface area contributed by atoms with Crippen molar-refractivity contribution in [2.75, 3.05) is 7.11 Å². The fourth-order valence-corrected chi connectivity index (χ4v) is 4.19. The molecule has 4 rings (SSSR count). The van der Waals surface area contributed by atoms with E-state index in [2.05, 4.69) is 11.9 Å². The molecule has 1 unspecified atom stereocenters. The molecule has 1 amide bonds. The first kappa shape index (κ1) is 22.3. The van der Waals surface area contributed by atoms with E-state index < -0.39 is 17.7 Å². The smallest absolute Gasteiger partial charge is 0.295 e. The van der Waals surface area contributed by atoms with Gasteiger partial charge in [0.05, 0.1) is 18.7 Å². The summed E-state index contributed by atoms with van der Waals surface area (Å²) < 4.78 is 5.31. The lowest BCUT2D eigenvalue weighted by Gasteiger charge is -2.25. The molecule has 1 N–H and O–H groups in total. The molecule has 1 aromatic heterocycles. The fraction of sp³-hybridized carbons (Fsp3) is 0.222. The lowest BCUT2D eigenvalue weighted by molar-refractivity contribution is -0.140. The molecule has 0 radical (unpaired) electrons.